The topological polar surface area (TPSA) is 64.7 Å². The molecule has 0 radical (unpaired) electrons. The van der Waals surface area contributed by atoms with E-state index in [1.54, 1.807) is 38.5 Å². The molecule has 0 amide bonds. The molecule has 0 bridgehead atoms. The summed E-state index contributed by atoms with van der Waals surface area (Å²) in [5.41, 5.74) is 6.13. The van der Waals surface area contributed by atoms with Crippen LogP contribution in [0.3, 0.4) is 0 Å². The zero-order valence-corrected chi connectivity index (χ0v) is 9.15. The maximum absolute atomic E-state index is 9.51. The normalized spacial score (nSPS) is 10.4. The van der Waals surface area contributed by atoms with Crippen molar-refractivity contribution in [2.45, 2.75) is 0 Å². The summed E-state index contributed by atoms with van der Waals surface area (Å²) in [4.78, 5) is 0. The average molecular weight is 219 g/mol. The zero-order chi connectivity index (χ0) is 11.7. The monoisotopic (exact) mass is 219 g/mol. The van der Waals surface area contributed by atoms with Gasteiger partial charge in [-0.05, 0) is 24.3 Å². The van der Waals surface area contributed by atoms with Crippen molar-refractivity contribution in [2.75, 3.05) is 20.0 Å². The third-order valence-electron chi connectivity index (χ3n) is 2.56. The number of methoxy groups -OCH3 is 2. The van der Waals surface area contributed by atoms with Crippen molar-refractivity contribution in [3.63, 3.8) is 0 Å². The van der Waals surface area contributed by atoms with E-state index in [0.29, 0.717) is 17.2 Å². The molecule has 0 spiro atoms. The van der Waals surface area contributed by atoms with Gasteiger partial charge in [0.15, 0.2) is 11.5 Å². The molecule has 4 heteroatoms. The number of benzene rings is 2. The molecule has 0 unspecified atom stereocenters. The second kappa shape index (κ2) is 3.81. The Morgan fingerprint density at radius 1 is 1.00 bits per heavy atom. The molecule has 0 fully saturated rings. The number of hydrogen-bond donors (Lipinski definition) is 2. The number of fused-ring (bicyclic) bond motifs is 1. The van der Waals surface area contributed by atoms with E-state index in [9.17, 15) is 5.11 Å². The van der Waals surface area contributed by atoms with Gasteiger partial charge in [0.1, 0.15) is 5.75 Å². The lowest BCUT2D eigenvalue weighted by atomic mass is 10.1. The lowest BCUT2D eigenvalue weighted by molar-refractivity contribution is 0.358. The number of aromatic hydroxyl groups is 1. The first kappa shape index (κ1) is 10.4. The number of hydrogen-bond acceptors (Lipinski definition) is 4. The van der Waals surface area contributed by atoms with Crippen LogP contribution in [0.5, 0.6) is 17.2 Å². The number of phenolic OH excluding ortho intramolecular Hbond substituents is 1. The van der Waals surface area contributed by atoms with Gasteiger partial charge in [0.05, 0.1) is 19.9 Å². The number of rotatable bonds is 2. The average Bonchev–Trinajstić information content (AvgIpc) is 2.32. The number of anilines is 1. The maximum atomic E-state index is 9.51. The Labute approximate surface area is 93.2 Å². The van der Waals surface area contributed by atoms with Crippen LogP contribution < -0.4 is 15.2 Å². The molecule has 2 rings (SSSR count). The fourth-order valence-corrected chi connectivity index (χ4v) is 1.74. The molecule has 0 heterocycles. The number of ether oxygens (including phenoxy) is 2. The van der Waals surface area contributed by atoms with E-state index in [2.05, 4.69) is 0 Å². The molecule has 0 aliphatic heterocycles. The number of phenols is 1. The molecule has 0 aromatic heterocycles. The molecule has 0 saturated heterocycles. The molecular formula is C12H13NO3. The van der Waals surface area contributed by atoms with Crippen molar-refractivity contribution in [3.05, 3.63) is 24.3 Å². The molecule has 16 heavy (non-hydrogen) atoms. The molecule has 84 valence electrons. The van der Waals surface area contributed by atoms with Gasteiger partial charge in [-0.2, -0.15) is 0 Å². The standard InChI is InChI=1S/C12H13NO3/c1-15-10-6-4-7-8(12(10)16-2)3-5-9(14)11(7)13/h3-6,14H,13H2,1-2H3. The molecule has 0 aliphatic carbocycles. The molecule has 2 aromatic rings. The van der Waals surface area contributed by atoms with Gasteiger partial charge in [-0.25, -0.2) is 0 Å². The van der Waals surface area contributed by atoms with Crippen LogP contribution in [0.2, 0.25) is 0 Å². The van der Waals surface area contributed by atoms with Crippen molar-refractivity contribution in [3.8, 4) is 17.2 Å². The fraction of sp³-hybridized carbons (Fsp3) is 0.167. The van der Waals surface area contributed by atoms with Crippen LogP contribution in [0, 0.1) is 0 Å². The zero-order valence-electron chi connectivity index (χ0n) is 9.15. The summed E-state index contributed by atoms with van der Waals surface area (Å²) < 4.78 is 10.5. The second-order valence-electron chi connectivity index (χ2n) is 3.39. The fourth-order valence-electron chi connectivity index (χ4n) is 1.74. The van der Waals surface area contributed by atoms with Crippen molar-refractivity contribution in [1.29, 1.82) is 0 Å². The minimum absolute atomic E-state index is 0.0692. The van der Waals surface area contributed by atoms with Crippen LogP contribution in [-0.2, 0) is 0 Å². The van der Waals surface area contributed by atoms with Gasteiger partial charge in [-0.3, -0.25) is 0 Å². The highest BCUT2D eigenvalue weighted by Crippen LogP contribution is 2.39. The van der Waals surface area contributed by atoms with Crippen molar-refractivity contribution in [2.24, 2.45) is 0 Å². The van der Waals surface area contributed by atoms with Crippen LogP contribution in [0.15, 0.2) is 24.3 Å². The number of nitrogens with two attached hydrogens (primary N) is 1. The molecule has 2 aromatic carbocycles. The lowest BCUT2D eigenvalue weighted by Gasteiger charge is -2.12. The largest absolute Gasteiger partial charge is 0.506 e. The van der Waals surface area contributed by atoms with Crippen molar-refractivity contribution >= 4 is 16.5 Å². The maximum Gasteiger partial charge on any atom is 0.168 e. The van der Waals surface area contributed by atoms with E-state index in [4.69, 9.17) is 15.2 Å². The van der Waals surface area contributed by atoms with Gasteiger partial charge in [0.2, 0.25) is 0 Å². The van der Waals surface area contributed by atoms with Crippen molar-refractivity contribution in [1.82, 2.24) is 0 Å². The van der Waals surface area contributed by atoms with Crippen LogP contribution in [0.1, 0.15) is 0 Å². The first-order valence-corrected chi connectivity index (χ1v) is 4.81. The Morgan fingerprint density at radius 2 is 1.69 bits per heavy atom. The Balaban J connectivity index is 2.84. The minimum Gasteiger partial charge on any atom is -0.506 e. The quantitative estimate of drug-likeness (QED) is 0.600. The van der Waals surface area contributed by atoms with E-state index >= 15 is 0 Å². The van der Waals surface area contributed by atoms with E-state index in [-0.39, 0.29) is 5.75 Å². The van der Waals surface area contributed by atoms with E-state index < -0.39 is 0 Å². The molecule has 3 N–H and O–H groups in total. The lowest BCUT2D eigenvalue weighted by Crippen LogP contribution is -1.94. The summed E-state index contributed by atoms with van der Waals surface area (Å²) in [6, 6.07) is 6.85. The summed E-state index contributed by atoms with van der Waals surface area (Å²) >= 11 is 0. The predicted molar refractivity (Wildman–Crippen MR) is 63.1 cm³/mol. The third kappa shape index (κ3) is 1.39. The van der Waals surface area contributed by atoms with Gasteiger partial charge in [-0.15, -0.1) is 0 Å². The first-order chi connectivity index (χ1) is 7.69. The highest BCUT2D eigenvalue weighted by molar-refractivity contribution is 6.00. The van der Waals surface area contributed by atoms with Crippen LogP contribution in [-0.4, -0.2) is 19.3 Å². The summed E-state index contributed by atoms with van der Waals surface area (Å²) in [5, 5.41) is 11.1. The van der Waals surface area contributed by atoms with Gasteiger partial charge in [0, 0.05) is 10.8 Å². The van der Waals surface area contributed by atoms with Gasteiger partial charge in [0.25, 0.3) is 0 Å². The minimum atomic E-state index is 0.0692. The first-order valence-electron chi connectivity index (χ1n) is 4.81. The summed E-state index contributed by atoms with van der Waals surface area (Å²) in [6.07, 6.45) is 0. The van der Waals surface area contributed by atoms with Gasteiger partial charge >= 0.3 is 0 Å². The molecule has 4 nitrogen and oxygen atoms in total. The Morgan fingerprint density at radius 3 is 2.31 bits per heavy atom. The number of nitrogen functional groups attached to an aromatic ring is 1. The Bertz CT molecular complexity index is 537. The summed E-state index contributed by atoms with van der Waals surface area (Å²) in [5.74, 6) is 1.33. The van der Waals surface area contributed by atoms with E-state index in [1.807, 2.05) is 0 Å². The Hall–Kier alpha value is -2.10. The molecular weight excluding hydrogens is 206 g/mol. The SMILES string of the molecule is COc1ccc2c(N)c(O)ccc2c1OC. The molecule has 0 atom stereocenters. The Kier molecular flexibility index (Phi) is 2.48. The molecule has 0 aliphatic rings. The third-order valence-corrected chi connectivity index (χ3v) is 2.56. The van der Waals surface area contributed by atoms with Crippen LogP contribution >= 0.6 is 0 Å². The molecule has 0 saturated carbocycles. The smallest absolute Gasteiger partial charge is 0.168 e. The highest BCUT2D eigenvalue weighted by Gasteiger charge is 2.11. The van der Waals surface area contributed by atoms with Crippen molar-refractivity contribution < 1.29 is 14.6 Å². The summed E-state index contributed by atoms with van der Waals surface area (Å²) in [7, 11) is 3.15. The van der Waals surface area contributed by atoms with E-state index in [1.165, 1.54) is 0 Å². The predicted octanol–water partition coefficient (Wildman–Crippen LogP) is 2.14. The van der Waals surface area contributed by atoms with Crippen LogP contribution in [0.4, 0.5) is 5.69 Å². The second-order valence-corrected chi connectivity index (χ2v) is 3.39. The highest BCUT2D eigenvalue weighted by atomic mass is 16.5. The van der Waals surface area contributed by atoms with Gasteiger partial charge in [-0.1, -0.05) is 0 Å². The van der Waals surface area contributed by atoms with Crippen LogP contribution in [0.25, 0.3) is 10.8 Å². The summed E-state index contributed by atoms with van der Waals surface area (Å²) in [6.45, 7) is 0. The van der Waals surface area contributed by atoms with E-state index in [0.717, 1.165) is 10.8 Å². The van der Waals surface area contributed by atoms with Gasteiger partial charge < -0.3 is 20.3 Å².